The van der Waals surface area contributed by atoms with Crippen LogP contribution in [0.3, 0.4) is 0 Å². The smallest absolute Gasteiger partial charge is 0.308 e. The summed E-state index contributed by atoms with van der Waals surface area (Å²) >= 11 is 0. The van der Waals surface area contributed by atoms with Crippen molar-refractivity contribution in [3.05, 3.63) is 0 Å². The lowest BCUT2D eigenvalue weighted by Gasteiger charge is -2.14. The van der Waals surface area contributed by atoms with Crippen molar-refractivity contribution in [2.45, 2.75) is 77.4 Å². The predicted octanol–water partition coefficient (Wildman–Crippen LogP) is 2.46. The summed E-state index contributed by atoms with van der Waals surface area (Å²) < 4.78 is 4.91. The monoisotopic (exact) mass is 318 g/mol. The highest BCUT2D eigenvalue weighted by atomic mass is 16.6. The summed E-state index contributed by atoms with van der Waals surface area (Å²) in [5, 5.41) is 26.6. The minimum Gasteiger partial charge on any atom is -0.481 e. The van der Waals surface area contributed by atoms with Gasteiger partial charge in [-0.05, 0) is 25.2 Å². The van der Waals surface area contributed by atoms with E-state index < -0.39 is 18.2 Å². The average molecular weight is 318 g/mol. The van der Waals surface area contributed by atoms with Crippen LogP contribution in [0.2, 0.25) is 0 Å². The SMILES string of the molecule is CC(CCCCCCC(=O)O)CC(=O)OC(O)CCCCO. The number of aliphatic hydroxyl groups is 2. The maximum atomic E-state index is 11.6. The third-order valence-corrected chi connectivity index (χ3v) is 3.48. The number of esters is 1. The van der Waals surface area contributed by atoms with Crippen molar-refractivity contribution in [2.24, 2.45) is 5.92 Å². The highest BCUT2D eigenvalue weighted by Gasteiger charge is 2.14. The minimum atomic E-state index is -1.08. The summed E-state index contributed by atoms with van der Waals surface area (Å²) in [6.45, 7) is 2.04. The first-order chi connectivity index (χ1) is 10.5. The molecule has 0 aromatic rings. The molecule has 0 spiro atoms. The fourth-order valence-electron chi connectivity index (χ4n) is 2.20. The zero-order chi connectivity index (χ0) is 16.8. The quantitative estimate of drug-likeness (QED) is 0.258. The van der Waals surface area contributed by atoms with Crippen LogP contribution in [0.5, 0.6) is 0 Å². The second-order valence-corrected chi connectivity index (χ2v) is 5.82. The fourth-order valence-corrected chi connectivity index (χ4v) is 2.20. The zero-order valence-electron chi connectivity index (χ0n) is 13.5. The lowest BCUT2D eigenvalue weighted by molar-refractivity contribution is -0.169. The summed E-state index contributed by atoms with van der Waals surface area (Å²) in [5.41, 5.74) is 0. The lowest BCUT2D eigenvalue weighted by Crippen LogP contribution is -2.19. The number of carboxylic acid groups (broad SMARTS) is 1. The van der Waals surface area contributed by atoms with Gasteiger partial charge in [0.2, 0.25) is 6.29 Å². The topological polar surface area (TPSA) is 104 Å². The molecule has 0 aliphatic rings. The van der Waals surface area contributed by atoms with Crippen molar-refractivity contribution in [2.75, 3.05) is 6.61 Å². The van der Waals surface area contributed by atoms with Crippen molar-refractivity contribution < 1.29 is 29.6 Å². The molecular weight excluding hydrogens is 288 g/mol. The first-order valence-corrected chi connectivity index (χ1v) is 8.16. The van der Waals surface area contributed by atoms with E-state index in [1.165, 1.54) is 0 Å². The molecule has 6 nitrogen and oxygen atoms in total. The Hall–Kier alpha value is -1.14. The van der Waals surface area contributed by atoms with E-state index in [1.807, 2.05) is 6.92 Å². The van der Waals surface area contributed by atoms with Gasteiger partial charge in [0.05, 0.1) is 0 Å². The molecule has 0 bridgehead atoms. The maximum Gasteiger partial charge on any atom is 0.308 e. The number of hydrogen-bond acceptors (Lipinski definition) is 5. The van der Waals surface area contributed by atoms with Gasteiger partial charge >= 0.3 is 11.9 Å². The van der Waals surface area contributed by atoms with Crippen LogP contribution in [0, 0.1) is 5.92 Å². The summed E-state index contributed by atoms with van der Waals surface area (Å²) in [4.78, 5) is 22.0. The van der Waals surface area contributed by atoms with Gasteiger partial charge in [0.1, 0.15) is 0 Å². The van der Waals surface area contributed by atoms with Crippen LogP contribution in [0.4, 0.5) is 0 Å². The number of hydrogen-bond donors (Lipinski definition) is 3. The molecule has 130 valence electrons. The molecule has 0 aliphatic heterocycles. The zero-order valence-corrected chi connectivity index (χ0v) is 13.5. The molecule has 0 aromatic carbocycles. The third-order valence-electron chi connectivity index (χ3n) is 3.48. The summed E-state index contributed by atoms with van der Waals surface area (Å²) in [6, 6.07) is 0. The molecule has 22 heavy (non-hydrogen) atoms. The van der Waals surface area contributed by atoms with E-state index in [0.717, 1.165) is 25.7 Å². The first-order valence-electron chi connectivity index (χ1n) is 8.16. The molecule has 0 saturated heterocycles. The molecule has 2 unspecified atom stereocenters. The Bertz CT molecular complexity index is 305. The van der Waals surface area contributed by atoms with E-state index in [1.54, 1.807) is 0 Å². The van der Waals surface area contributed by atoms with E-state index in [9.17, 15) is 14.7 Å². The number of carbonyl (C=O) groups is 2. The van der Waals surface area contributed by atoms with Gasteiger partial charge in [-0.1, -0.05) is 32.6 Å². The molecular formula is C16H30O6. The first kappa shape index (κ1) is 20.9. The number of unbranched alkanes of at least 4 members (excludes halogenated alkanes) is 4. The summed E-state index contributed by atoms with van der Waals surface area (Å²) in [5.74, 6) is -0.958. The molecule has 6 heteroatoms. The van der Waals surface area contributed by atoms with Crippen molar-refractivity contribution in [1.82, 2.24) is 0 Å². The molecule has 0 amide bonds. The Morgan fingerprint density at radius 1 is 1.00 bits per heavy atom. The number of ether oxygens (including phenoxy) is 1. The Kier molecular flexibility index (Phi) is 12.8. The van der Waals surface area contributed by atoms with Crippen molar-refractivity contribution >= 4 is 11.9 Å². The van der Waals surface area contributed by atoms with Crippen LogP contribution in [0.15, 0.2) is 0 Å². The molecule has 0 aliphatic carbocycles. The van der Waals surface area contributed by atoms with Gasteiger partial charge < -0.3 is 20.1 Å². The Balaban J connectivity index is 3.58. The maximum absolute atomic E-state index is 11.6. The highest BCUT2D eigenvalue weighted by Crippen LogP contribution is 2.15. The normalized spacial score (nSPS) is 13.6. The van der Waals surface area contributed by atoms with E-state index in [4.69, 9.17) is 14.9 Å². The van der Waals surface area contributed by atoms with Crippen LogP contribution in [0.25, 0.3) is 0 Å². The van der Waals surface area contributed by atoms with E-state index in [0.29, 0.717) is 25.7 Å². The molecule has 0 radical (unpaired) electrons. The number of aliphatic hydroxyl groups excluding tert-OH is 2. The highest BCUT2D eigenvalue weighted by molar-refractivity contribution is 5.69. The molecule has 0 saturated carbocycles. The lowest BCUT2D eigenvalue weighted by atomic mass is 9.99. The predicted molar refractivity (Wildman–Crippen MR) is 82.2 cm³/mol. The van der Waals surface area contributed by atoms with Crippen molar-refractivity contribution in [3.63, 3.8) is 0 Å². The van der Waals surface area contributed by atoms with Gasteiger partial charge in [-0.15, -0.1) is 0 Å². The van der Waals surface area contributed by atoms with Gasteiger partial charge in [-0.2, -0.15) is 0 Å². The molecule has 0 rings (SSSR count). The molecule has 0 heterocycles. The minimum absolute atomic E-state index is 0.0736. The van der Waals surface area contributed by atoms with Gasteiger partial charge in [0, 0.05) is 25.9 Å². The van der Waals surface area contributed by atoms with Crippen molar-refractivity contribution in [3.8, 4) is 0 Å². The van der Waals surface area contributed by atoms with Crippen LogP contribution < -0.4 is 0 Å². The standard InChI is InChI=1S/C16H30O6/c1-13(8-4-2-3-5-9-14(18)19)12-16(21)22-15(20)10-6-7-11-17/h13,15,17,20H,2-12H2,1H3,(H,18,19). The number of carbonyl (C=O) groups excluding carboxylic acids is 1. The van der Waals surface area contributed by atoms with Gasteiger partial charge in [0.25, 0.3) is 0 Å². The Morgan fingerprint density at radius 3 is 2.27 bits per heavy atom. The van der Waals surface area contributed by atoms with Crippen LogP contribution in [0.1, 0.15) is 71.1 Å². The number of aliphatic carboxylic acids is 1. The average Bonchev–Trinajstić information content (AvgIpc) is 2.42. The van der Waals surface area contributed by atoms with Gasteiger partial charge in [0.15, 0.2) is 0 Å². The summed E-state index contributed by atoms with van der Waals surface area (Å²) in [7, 11) is 0. The van der Waals surface area contributed by atoms with E-state index in [2.05, 4.69) is 0 Å². The van der Waals surface area contributed by atoms with Gasteiger partial charge in [-0.3, -0.25) is 9.59 Å². The molecule has 0 fully saturated rings. The second kappa shape index (κ2) is 13.5. The number of carboxylic acids is 1. The van der Waals surface area contributed by atoms with Gasteiger partial charge in [-0.25, -0.2) is 0 Å². The molecule has 0 aromatic heterocycles. The third kappa shape index (κ3) is 13.8. The second-order valence-electron chi connectivity index (χ2n) is 5.82. The molecule has 3 N–H and O–H groups in total. The van der Waals surface area contributed by atoms with E-state index in [-0.39, 0.29) is 25.4 Å². The van der Waals surface area contributed by atoms with Crippen LogP contribution in [-0.2, 0) is 14.3 Å². The van der Waals surface area contributed by atoms with Crippen LogP contribution in [-0.4, -0.2) is 40.2 Å². The largest absolute Gasteiger partial charge is 0.481 e. The fraction of sp³-hybridized carbons (Fsp3) is 0.875. The van der Waals surface area contributed by atoms with Crippen molar-refractivity contribution in [1.29, 1.82) is 0 Å². The van der Waals surface area contributed by atoms with E-state index >= 15 is 0 Å². The Labute approximate surface area is 132 Å². The Morgan fingerprint density at radius 2 is 1.64 bits per heavy atom. The number of rotatable bonds is 14. The summed E-state index contributed by atoms with van der Waals surface area (Å²) in [6.07, 6.45) is 5.41. The van der Waals surface area contributed by atoms with Crippen LogP contribution >= 0.6 is 0 Å². The molecule has 2 atom stereocenters.